The summed E-state index contributed by atoms with van der Waals surface area (Å²) in [5, 5.41) is 3.07. The van der Waals surface area contributed by atoms with Crippen LogP contribution in [-0.2, 0) is 4.79 Å². The lowest BCUT2D eigenvalue weighted by molar-refractivity contribution is -0.116. The number of Topliss-reactive ketones (excluding diaryl/α,β-unsaturated/α-hetero) is 1. The lowest BCUT2D eigenvalue weighted by Crippen LogP contribution is -2.29. The normalized spacial score (nSPS) is 17.3. The Labute approximate surface area is 61.0 Å². The van der Waals surface area contributed by atoms with Gasteiger partial charge in [-0.1, -0.05) is 0 Å². The molecule has 0 aliphatic heterocycles. The number of hydrogen-bond acceptors (Lipinski definition) is 3. The van der Waals surface area contributed by atoms with Crippen molar-refractivity contribution in [3.63, 3.8) is 0 Å². The Balaban J connectivity index is 1.88. The second kappa shape index (κ2) is 3.68. The number of rotatable bonds is 5. The molecule has 0 bridgehead atoms. The monoisotopic (exact) mass is 142 g/mol. The Morgan fingerprint density at radius 1 is 1.60 bits per heavy atom. The molecule has 1 saturated carbocycles. The maximum atomic E-state index is 10.6. The van der Waals surface area contributed by atoms with Gasteiger partial charge in [-0.3, -0.25) is 4.79 Å². The molecule has 0 aromatic carbocycles. The van der Waals surface area contributed by atoms with Crippen LogP contribution in [0.5, 0.6) is 0 Å². The molecule has 3 heteroatoms. The first-order valence-corrected chi connectivity index (χ1v) is 3.75. The van der Waals surface area contributed by atoms with E-state index < -0.39 is 0 Å². The zero-order valence-corrected chi connectivity index (χ0v) is 6.10. The number of ketones is 1. The third-order valence-corrected chi connectivity index (χ3v) is 1.68. The van der Waals surface area contributed by atoms with E-state index in [0.717, 1.165) is 12.5 Å². The first kappa shape index (κ1) is 7.69. The molecular formula is C7H14N2O. The quantitative estimate of drug-likeness (QED) is 0.545. The third kappa shape index (κ3) is 2.94. The maximum Gasteiger partial charge on any atom is 0.160 e. The average molecular weight is 142 g/mol. The van der Waals surface area contributed by atoms with Crippen molar-refractivity contribution in [3.05, 3.63) is 0 Å². The van der Waals surface area contributed by atoms with Crippen molar-refractivity contribution in [2.24, 2.45) is 11.7 Å². The Morgan fingerprint density at radius 3 is 2.80 bits per heavy atom. The summed E-state index contributed by atoms with van der Waals surface area (Å²) >= 11 is 0. The van der Waals surface area contributed by atoms with Crippen molar-refractivity contribution in [2.75, 3.05) is 19.6 Å². The van der Waals surface area contributed by atoms with E-state index in [4.69, 9.17) is 5.73 Å². The van der Waals surface area contributed by atoms with Crippen molar-refractivity contribution < 1.29 is 4.79 Å². The molecule has 58 valence electrons. The third-order valence-electron chi connectivity index (χ3n) is 1.68. The molecule has 3 N–H and O–H groups in total. The van der Waals surface area contributed by atoms with E-state index in [0.29, 0.717) is 6.54 Å². The van der Waals surface area contributed by atoms with Gasteiger partial charge in [0.05, 0.1) is 13.1 Å². The van der Waals surface area contributed by atoms with Crippen LogP contribution in [0.4, 0.5) is 0 Å². The zero-order valence-electron chi connectivity index (χ0n) is 6.10. The molecule has 0 heterocycles. The summed E-state index contributed by atoms with van der Waals surface area (Å²) in [7, 11) is 0. The minimum absolute atomic E-state index is 0.0978. The van der Waals surface area contributed by atoms with Crippen molar-refractivity contribution in [2.45, 2.75) is 12.8 Å². The molecule has 0 amide bonds. The second-order valence-corrected chi connectivity index (χ2v) is 2.82. The number of hydrogen-bond donors (Lipinski definition) is 2. The smallest absolute Gasteiger partial charge is 0.160 e. The van der Waals surface area contributed by atoms with E-state index in [1.54, 1.807) is 0 Å². The van der Waals surface area contributed by atoms with Crippen LogP contribution in [-0.4, -0.2) is 25.4 Å². The standard InChI is InChI=1S/C7H14N2O/c8-3-7(10)5-9-4-6-1-2-6/h6,9H,1-5,8H2. The van der Waals surface area contributed by atoms with Gasteiger partial charge in [-0.2, -0.15) is 0 Å². The molecule has 0 aromatic rings. The van der Waals surface area contributed by atoms with Crippen LogP contribution in [0.2, 0.25) is 0 Å². The molecule has 0 aromatic heterocycles. The fraction of sp³-hybridized carbons (Fsp3) is 0.857. The first-order valence-electron chi connectivity index (χ1n) is 3.75. The summed E-state index contributed by atoms with van der Waals surface area (Å²) < 4.78 is 0. The highest BCUT2D eigenvalue weighted by Crippen LogP contribution is 2.27. The first-order chi connectivity index (χ1) is 4.83. The van der Waals surface area contributed by atoms with Gasteiger partial charge in [0, 0.05) is 0 Å². The number of nitrogens with one attached hydrogen (secondary N) is 1. The largest absolute Gasteiger partial charge is 0.324 e. The van der Waals surface area contributed by atoms with Gasteiger partial charge in [0.15, 0.2) is 5.78 Å². The zero-order chi connectivity index (χ0) is 7.40. The van der Waals surface area contributed by atoms with Crippen molar-refractivity contribution in [3.8, 4) is 0 Å². The molecule has 1 aliphatic carbocycles. The van der Waals surface area contributed by atoms with Crippen molar-refractivity contribution in [1.82, 2.24) is 5.32 Å². The van der Waals surface area contributed by atoms with Gasteiger partial charge >= 0.3 is 0 Å². The van der Waals surface area contributed by atoms with Crippen LogP contribution in [0.25, 0.3) is 0 Å². The van der Waals surface area contributed by atoms with Crippen LogP contribution >= 0.6 is 0 Å². The van der Waals surface area contributed by atoms with E-state index >= 15 is 0 Å². The second-order valence-electron chi connectivity index (χ2n) is 2.82. The molecule has 10 heavy (non-hydrogen) atoms. The fourth-order valence-corrected chi connectivity index (χ4v) is 0.810. The highest BCUT2D eigenvalue weighted by molar-refractivity contribution is 5.82. The van der Waals surface area contributed by atoms with Crippen molar-refractivity contribution in [1.29, 1.82) is 0 Å². The Bertz CT molecular complexity index is 121. The van der Waals surface area contributed by atoms with E-state index in [9.17, 15) is 4.79 Å². The van der Waals surface area contributed by atoms with E-state index in [-0.39, 0.29) is 12.3 Å². The predicted molar refractivity (Wildman–Crippen MR) is 39.7 cm³/mol. The Morgan fingerprint density at radius 2 is 2.30 bits per heavy atom. The summed E-state index contributed by atoms with van der Waals surface area (Å²) in [6.45, 7) is 1.61. The van der Waals surface area contributed by atoms with Gasteiger partial charge < -0.3 is 11.1 Å². The summed E-state index contributed by atoms with van der Waals surface area (Å²) in [5.74, 6) is 0.936. The molecule has 0 saturated heterocycles. The van der Waals surface area contributed by atoms with Crippen molar-refractivity contribution >= 4 is 5.78 Å². The lowest BCUT2D eigenvalue weighted by atomic mass is 10.3. The van der Waals surface area contributed by atoms with Gasteiger partial charge in [-0.05, 0) is 25.3 Å². The predicted octanol–water partition coefficient (Wildman–Crippen LogP) is -0.486. The van der Waals surface area contributed by atoms with Gasteiger partial charge in [0.2, 0.25) is 0 Å². The lowest BCUT2D eigenvalue weighted by Gasteiger charge is -1.99. The highest BCUT2D eigenvalue weighted by Gasteiger charge is 2.20. The van der Waals surface area contributed by atoms with E-state index in [1.165, 1.54) is 12.8 Å². The van der Waals surface area contributed by atoms with Crippen LogP contribution in [0.1, 0.15) is 12.8 Å². The number of nitrogens with two attached hydrogens (primary N) is 1. The molecule has 0 radical (unpaired) electrons. The molecule has 3 nitrogen and oxygen atoms in total. The molecule has 1 aliphatic rings. The molecule has 1 fully saturated rings. The van der Waals surface area contributed by atoms with Crippen LogP contribution in [0.15, 0.2) is 0 Å². The Hall–Kier alpha value is -0.410. The molecule has 0 unspecified atom stereocenters. The number of carbonyl (C=O) groups is 1. The fourth-order valence-electron chi connectivity index (χ4n) is 0.810. The number of carbonyl (C=O) groups excluding carboxylic acids is 1. The van der Waals surface area contributed by atoms with Gasteiger partial charge in [0.25, 0.3) is 0 Å². The Kier molecular flexibility index (Phi) is 2.83. The molecule has 1 rings (SSSR count). The topological polar surface area (TPSA) is 55.1 Å². The van der Waals surface area contributed by atoms with E-state index in [2.05, 4.69) is 5.32 Å². The van der Waals surface area contributed by atoms with Crippen LogP contribution < -0.4 is 11.1 Å². The molecule has 0 spiro atoms. The van der Waals surface area contributed by atoms with Gasteiger partial charge in [0.1, 0.15) is 0 Å². The molecular weight excluding hydrogens is 128 g/mol. The minimum atomic E-state index is 0.0978. The summed E-state index contributed by atoms with van der Waals surface area (Å²) in [4.78, 5) is 10.6. The summed E-state index contributed by atoms with van der Waals surface area (Å²) in [5.41, 5.74) is 5.12. The minimum Gasteiger partial charge on any atom is -0.324 e. The SMILES string of the molecule is NCC(=O)CNCC1CC1. The van der Waals surface area contributed by atoms with E-state index in [1.807, 2.05) is 0 Å². The average Bonchev–Trinajstić information content (AvgIpc) is 2.71. The maximum absolute atomic E-state index is 10.6. The molecule has 0 atom stereocenters. The van der Waals surface area contributed by atoms with Gasteiger partial charge in [-0.25, -0.2) is 0 Å². The van der Waals surface area contributed by atoms with Crippen LogP contribution in [0, 0.1) is 5.92 Å². The van der Waals surface area contributed by atoms with Gasteiger partial charge in [-0.15, -0.1) is 0 Å². The highest BCUT2D eigenvalue weighted by atomic mass is 16.1. The summed E-state index contributed by atoms with van der Waals surface area (Å²) in [6, 6.07) is 0. The summed E-state index contributed by atoms with van der Waals surface area (Å²) in [6.07, 6.45) is 2.65. The van der Waals surface area contributed by atoms with Crippen LogP contribution in [0.3, 0.4) is 0 Å².